The van der Waals surface area contributed by atoms with Crippen LogP contribution in [0.1, 0.15) is 10.4 Å². The number of ether oxygens (including phenoxy) is 2. The molecule has 2 aromatic rings. The van der Waals surface area contributed by atoms with Crippen molar-refractivity contribution in [1.29, 1.82) is 0 Å². The zero-order valence-electron chi connectivity index (χ0n) is 17.5. The standard InChI is InChI=1S/C20H25N3O6S/c1-22(2)20(25)14-6-8-15(9-7-14)23(30(5,26)27)13-19(24)21-17-11-10-16(28-3)12-18(17)29-4/h6-12H,13H2,1-5H3,(H,21,24). The third-order valence-electron chi connectivity index (χ3n) is 4.18. The predicted molar refractivity (Wildman–Crippen MR) is 115 cm³/mol. The summed E-state index contributed by atoms with van der Waals surface area (Å²) in [6.07, 6.45) is 1.01. The van der Waals surface area contributed by atoms with Gasteiger partial charge in [0, 0.05) is 25.7 Å². The number of nitrogens with zero attached hydrogens (tertiary/aromatic N) is 2. The van der Waals surface area contributed by atoms with Crippen LogP contribution in [-0.4, -0.2) is 66.2 Å². The molecule has 0 spiro atoms. The normalized spacial score (nSPS) is 10.8. The zero-order valence-corrected chi connectivity index (χ0v) is 18.3. The Morgan fingerprint density at radius 3 is 2.13 bits per heavy atom. The molecule has 1 N–H and O–H groups in total. The van der Waals surface area contributed by atoms with Crippen LogP contribution >= 0.6 is 0 Å². The predicted octanol–water partition coefficient (Wildman–Crippen LogP) is 1.81. The van der Waals surface area contributed by atoms with Crippen LogP contribution in [0.3, 0.4) is 0 Å². The third kappa shape index (κ3) is 5.63. The first-order valence-corrected chi connectivity index (χ1v) is 10.7. The minimum atomic E-state index is -3.76. The Balaban J connectivity index is 2.23. The largest absolute Gasteiger partial charge is 0.497 e. The second kappa shape index (κ2) is 9.49. The quantitative estimate of drug-likeness (QED) is 0.678. The van der Waals surface area contributed by atoms with E-state index in [0.717, 1.165) is 10.6 Å². The Hall–Kier alpha value is -3.27. The summed E-state index contributed by atoms with van der Waals surface area (Å²) in [5.74, 6) is 0.157. The summed E-state index contributed by atoms with van der Waals surface area (Å²) in [5.41, 5.74) is 1.05. The Morgan fingerprint density at radius 2 is 1.63 bits per heavy atom. The number of hydrogen-bond acceptors (Lipinski definition) is 6. The van der Waals surface area contributed by atoms with Gasteiger partial charge in [-0.3, -0.25) is 13.9 Å². The maximum atomic E-state index is 12.6. The SMILES string of the molecule is COc1ccc(NC(=O)CN(c2ccc(C(=O)N(C)C)cc2)S(C)(=O)=O)c(OC)c1. The molecule has 0 aliphatic carbocycles. The third-order valence-corrected chi connectivity index (χ3v) is 5.32. The number of carbonyl (C=O) groups excluding carboxylic acids is 2. The summed E-state index contributed by atoms with van der Waals surface area (Å²) in [5, 5.41) is 2.64. The van der Waals surface area contributed by atoms with Crippen LogP contribution < -0.4 is 19.1 Å². The van der Waals surface area contributed by atoms with Gasteiger partial charge in [-0.2, -0.15) is 0 Å². The topological polar surface area (TPSA) is 105 Å². The maximum absolute atomic E-state index is 12.6. The lowest BCUT2D eigenvalue weighted by molar-refractivity contribution is -0.114. The first-order chi connectivity index (χ1) is 14.1. The van der Waals surface area contributed by atoms with Crippen molar-refractivity contribution < 1.29 is 27.5 Å². The van der Waals surface area contributed by atoms with Crippen molar-refractivity contribution in [3.8, 4) is 11.5 Å². The Morgan fingerprint density at radius 1 is 1.00 bits per heavy atom. The molecule has 10 heteroatoms. The fourth-order valence-electron chi connectivity index (χ4n) is 2.65. The highest BCUT2D eigenvalue weighted by molar-refractivity contribution is 7.92. The molecule has 0 fully saturated rings. The van der Waals surface area contributed by atoms with E-state index < -0.39 is 22.5 Å². The molecule has 162 valence electrons. The summed E-state index contributed by atoms with van der Waals surface area (Å²) in [7, 11) is 2.45. The molecular formula is C20H25N3O6S. The van der Waals surface area contributed by atoms with Gasteiger partial charge in [-0.15, -0.1) is 0 Å². The van der Waals surface area contributed by atoms with Crippen LogP contribution in [0.15, 0.2) is 42.5 Å². The highest BCUT2D eigenvalue weighted by Gasteiger charge is 2.22. The van der Waals surface area contributed by atoms with Gasteiger partial charge in [0.1, 0.15) is 18.0 Å². The summed E-state index contributed by atoms with van der Waals surface area (Å²) in [4.78, 5) is 26.0. The van der Waals surface area contributed by atoms with Gasteiger partial charge in [0.2, 0.25) is 15.9 Å². The number of amides is 2. The van der Waals surface area contributed by atoms with E-state index in [4.69, 9.17) is 9.47 Å². The van der Waals surface area contributed by atoms with Crippen molar-refractivity contribution in [2.45, 2.75) is 0 Å². The van der Waals surface area contributed by atoms with Gasteiger partial charge in [0.15, 0.2) is 0 Å². The maximum Gasteiger partial charge on any atom is 0.253 e. The average Bonchev–Trinajstić information content (AvgIpc) is 2.71. The zero-order chi connectivity index (χ0) is 22.5. The molecule has 0 aliphatic rings. The van der Waals surface area contributed by atoms with Gasteiger partial charge in [-0.25, -0.2) is 8.42 Å². The smallest absolute Gasteiger partial charge is 0.253 e. The van der Waals surface area contributed by atoms with Crippen molar-refractivity contribution >= 4 is 33.2 Å². The molecule has 0 radical (unpaired) electrons. The average molecular weight is 436 g/mol. The second-order valence-corrected chi connectivity index (χ2v) is 8.54. The van der Waals surface area contributed by atoms with Gasteiger partial charge in [-0.05, 0) is 36.4 Å². The van der Waals surface area contributed by atoms with Crippen LogP contribution in [0.2, 0.25) is 0 Å². The van der Waals surface area contributed by atoms with Crippen molar-refractivity contribution in [2.75, 3.05) is 50.7 Å². The van der Waals surface area contributed by atoms with E-state index in [2.05, 4.69) is 5.32 Å². The molecule has 2 rings (SSSR count). The number of anilines is 2. The number of sulfonamides is 1. The molecule has 0 atom stereocenters. The van der Waals surface area contributed by atoms with E-state index in [1.165, 1.54) is 43.4 Å². The molecular weight excluding hydrogens is 410 g/mol. The molecule has 30 heavy (non-hydrogen) atoms. The second-order valence-electron chi connectivity index (χ2n) is 6.63. The molecule has 0 heterocycles. The van der Waals surface area contributed by atoms with E-state index in [9.17, 15) is 18.0 Å². The molecule has 0 aromatic heterocycles. The monoisotopic (exact) mass is 435 g/mol. The van der Waals surface area contributed by atoms with Gasteiger partial charge in [-0.1, -0.05) is 0 Å². The summed E-state index contributed by atoms with van der Waals surface area (Å²) >= 11 is 0. The minimum Gasteiger partial charge on any atom is -0.497 e. The van der Waals surface area contributed by atoms with E-state index in [1.54, 1.807) is 32.3 Å². The van der Waals surface area contributed by atoms with Crippen LogP contribution in [0.4, 0.5) is 11.4 Å². The summed E-state index contributed by atoms with van der Waals surface area (Å²) < 4.78 is 35.9. The number of rotatable bonds is 8. The van der Waals surface area contributed by atoms with Gasteiger partial charge >= 0.3 is 0 Å². The highest BCUT2D eigenvalue weighted by Crippen LogP contribution is 2.29. The molecule has 0 saturated heterocycles. The molecule has 0 aliphatic heterocycles. The molecule has 2 aromatic carbocycles. The number of nitrogens with one attached hydrogen (secondary N) is 1. The summed E-state index contributed by atoms with van der Waals surface area (Å²) in [6, 6.07) is 10.8. The number of hydrogen-bond donors (Lipinski definition) is 1. The highest BCUT2D eigenvalue weighted by atomic mass is 32.2. The molecule has 2 amide bonds. The molecule has 0 unspecified atom stereocenters. The van der Waals surface area contributed by atoms with Crippen molar-refractivity contribution in [2.24, 2.45) is 0 Å². The Bertz CT molecular complexity index is 1020. The van der Waals surface area contributed by atoms with Gasteiger partial charge in [0.05, 0.1) is 31.9 Å². The fraction of sp³-hybridized carbons (Fsp3) is 0.300. The first-order valence-electron chi connectivity index (χ1n) is 8.88. The van der Waals surface area contributed by atoms with Gasteiger partial charge < -0.3 is 19.7 Å². The van der Waals surface area contributed by atoms with Crippen LogP contribution in [0, 0.1) is 0 Å². The molecule has 9 nitrogen and oxygen atoms in total. The number of carbonyl (C=O) groups is 2. The molecule has 0 saturated carbocycles. The number of methoxy groups -OCH3 is 2. The van der Waals surface area contributed by atoms with Crippen LogP contribution in [0.25, 0.3) is 0 Å². The van der Waals surface area contributed by atoms with E-state index in [0.29, 0.717) is 22.7 Å². The van der Waals surface area contributed by atoms with E-state index in [1.807, 2.05) is 0 Å². The van der Waals surface area contributed by atoms with Crippen molar-refractivity contribution in [3.05, 3.63) is 48.0 Å². The van der Waals surface area contributed by atoms with Crippen LogP contribution in [0.5, 0.6) is 11.5 Å². The first kappa shape index (κ1) is 23.0. The van der Waals surface area contributed by atoms with E-state index in [-0.39, 0.29) is 11.6 Å². The van der Waals surface area contributed by atoms with Crippen molar-refractivity contribution in [3.63, 3.8) is 0 Å². The number of benzene rings is 2. The van der Waals surface area contributed by atoms with Crippen LogP contribution in [-0.2, 0) is 14.8 Å². The van der Waals surface area contributed by atoms with E-state index >= 15 is 0 Å². The lowest BCUT2D eigenvalue weighted by Crippen LogP contribution is -2.37. The minimum absolute atomic E-state index is 0.211. The Labute approximate surface area is 176 Å². The lowest BCUT2D eigenvalue weighted by atomic mass is 10.2. The van der Waals surface area contributed by atoms with Gasteiger partial charge in [0.25, 0.3) is 5.91 Å². The fourth-order valence-corrected chi connectivity index (χ4v) is 3.51. The lowest BCUT2D eigenvalue weighted by Gasteiger charge is -2.22. The Kier molecular flexibility index (Phi) is 7.28. The summed E-state index contributed by atoms with van der Waals surface area (Å²) in [6.45, 7) is -0.449. The van der Waals surface area contributed by atoms with Crippen molar-refractivity contribution in [1.82, 2.24) is 4.90 Å². The molecule has 0 bridgehead atoms.